The molecule has 0 aliphatic carbocycles. The van der Waals surface area contributed by atoms with Crippen LogP contribution in [0.25, 0.3) is 0 Å². The molecule has 146 valence electrons. The van der Waals surface area contributed by atoms with Crippen LogP contribution in [0.3, 0.4) is 0 Å². The number of carbonyl (C=O) groups is 1. The summed E-state index contributed by atoms with van der Waals surface area (Å²) < 4.78 is 18.6. The average molecular weight is 373 g/mol. The molecule has 1 amide bonds. The number of carbonyl (C=O) groups excluding carboxylic acids is 1. The van der Waals surface area contributed by atoms with Crippen molar-refractivity contribution in [3.05, 3.63) is 53.0 Å². The highest BCUT2D eigenvalue weighted by Gasteiger charge is 2.31. The zero-order valence-electron chi connectivity index (χ0n) is 16.5. The first-order chi connectivity index (χ1) is 12.8. The van der Waals surface area contributed by atoms with Crippen molar-refractivity contribution in [2.75, 3.05) is 19.6 Å². The van der Waals surface area contributed by atoms with Gasteiger partial charge in [-0.3, -0.25) is 9.69 Å². The third-order valence-corrected chi connectivity index (χ3v) is 5.21. The number of rotatable bonds is 4. The number of benzene rings is 1. The summed E-state index contributed by atoms with van der Waals surface area (Å²) in [6.07, 6.45) is 0.895. The van der Waals surface area contributed by atoms with Gasteiger partial charge in [-0.15, -0.1) is 0 Å². The van der Waals surface area contributed by atoms with E-state index in [1.807, 2.05) is 17.0 Å². The van der Waals surface area contributed by atoms with E-state index in [1.165, 1.54) is 12.1 Å². The van der Waals surface area contributed by atoms with Crippen molar-refractivity contribution in [3.8, 4) is 0 Å². The third-order valence-electron chi connectivity index (χ3n) is 5.21. The summed E-state index contributed by atoms with van der Waals surface area (Å²) in [7, 11) is 0. The van der Waals surface area contributed by atoms with Gasteiger partial charge in [-0.2, -0.15) is 0 Å². The van der Waals surface area contributed by atoms with E-state index in [-0.39, 0.29) is 17.8 Å². The van der Waals surface area contributed by atoms with Crippen LogP contribution in [0.15, 0.2) is 28.7 Å². The molecule has 2 heterocycles. The lowest BCUT2D eigenvalue weighted by Gasteiger charge is -2.34. The molecule has 1 aliphatic rings. The largest absolute Gasteiger partial charge is 0.445 e. The molecule has 3 rings (SSSR count). The van der Waals surface area contributed by atoms with Crippen molar-refractivity contribution >= 4 is 5.91 Å². The molecular weight excluding hydrogens is 345 g/mol. The van der Waals surface area contributed by atoms with Crippen LogP contribution in [-0.4, -0.2) is 46.4 Å². The van der Waals surface area contributed by atoms with E-state index in [9.17, 15) is 9.18 Å². The summed E-state index contributed by atoms with van der Waals surface area (Å²) in [5, 5.41) is 0. The molecule has 1 unspecified atom stereocenters. The zero-order chi connectivity index (χ0) is 19.6. The van der Waals surface area contributed by atoms with Gasteiger partial charge in [0.1, 0.15) is 11.6 Å². The van der Waals surface area contributed by atoms with Gasteiger partial charge in [0.25, 0.3) is 5.91 Å². The van der Waals surface area contributed by atoms with E-state index in [4.69, 9.17) is 4.42 Å². The average Bonchev–Trinajstić information content (AvgIpc) is 2.83. The smallest absolute Gasteiger partial charge is 0.276 e. The van der Waals surface area contributed by atoms with Crippen LogP contribution in [0.1, 0.15) is 48.0 Å². The maximum absolute atomic E-state index is 13.2. The zero-order valence-corrected chi connectivity index (χ0v) is 16.5. The molecule has 0 N–H and O–H groups in total. The predicted molar refractivity (Wildman–Crippen MR) is 102 cm³/mol. The monoisotopic (exact) mass is 373 g/mol. The molecule has 1 aromatic carbocycles. The van der Waals surface area contributed by atoms with Gasteiger partial charge in [0.15, 0.2) is 11.6 Å². The number of hydrogen-bond donors (Lipinski definition) is 0. The first-order valence-corrected chi connectivity index (χ1v) is 9.57. The minimum atomic E-state index is -0.218. The Morgan fingerprint density at radius 1 is 1.26 bits per heavy atom. The van der Waals surface area contributed by atoms with E-state index in [0.717, 1.165) is 25.1 Å². The van der Waals surface area contributed by atoms with Gasteiger partial charge in [0.05, 0.1) is 0 Å². The minimum Gasteiger partial charge on any atom is -0.445 e. The molecule has 1 atom stereocenters. The molecule has 0 spiro atoms. The lowest BCUT2D eigenvalue weighted by Crippen LogP contribution is -2.45. The first-order valence-electron chi connectivity index (χ1n) is 9.57. The van der Waals surface area contributed by atoms with Crippen LogP contribution in [0.5, 0.6) is 0 Å². The summed E-state index contributed by atoms with van der Waals surface area (Å²) in [5.41, 5.74) is 1.51. The molecule has 27 heavy (non-hydrogen) atoms. The number of aryl methyl sites for hydroxylation is 2. The Bertz CT molecular complexity index is 785. The summed E-state index contributed by atoms with van der Waals surface area (Å²) >= 11 is 0. The second-order valence-corrected chi connectivity index (χ2v) is 7.65. The highest BCUT2D eigenvalue weighted by atomic mass is 19.1. The van der Waals surface area contributed by atoms with E-state index >= 15 is 0 Å². The van der Waals surface area contributed by atoms with Crippen LogP contribution in [0.2, 0.25) is 0 Å². The Kier molecular flexibility index (Phi) is 5.95. The number of nitrogens with zero attached hydrogens (tertiary/aromatic N) is 3. The SMILES string of the molecule is Cc1nc(C(=O)N2CCCN(Cc3ccc(F)cc3)C(C(C)C)C2)c(C)o1. The van der Waals surface area contributed by atoms with Crippen molar-refractivity contribution in [2.24, 2.45) is 5.92 Å². The van der Waals surface area contributed by atoms with Gasteiger partial charge >= 0.3 is 0 Å². The normalized spacial score (nSPS) is 18.7. The highest BCUT2D eigenvalue weighted by molar-refractivity contribution is 5.93. The molecular formula is C21H28FN3O2. The summed E-state index contributed by atoms with van der Waals surface area (Å²) in [4.78, 5) is 21.6. The molecule has 1 aromatic heterocycles. The summed E-state index contributed by atoms with van der Waals surface area (Å²) in [5.74, 6) is 1.21. The molecule has 1 saturated heterocycles. The minimum absolute atomic E-state index is 0.0568. The number of halogens is 1. The summed E-state index contributed by atoms with van der Waals surface area (Å²) in [6.45, 7) is 10.9. The predicted octanol–water partition coefficient (Wildman–Crippen LogP) is 3.80. The van der Waals surface area contributed by atoms with Crippen molar-refractivity contribution in [3.63, 3.8) is 0 Å². The standard InChI is InChI=1S/C21H28FN3O2/c1-14(2)19-13-25(21(26)20-15(3)27-16(4)23-20)11-5-10-24(19)12-17-6-8-18(22)9-7-17/h6-9,14,19H,5,10-13H2,1-4H3. The van der Waals surface area contributed by atoms with Crippen LogP contribution in [0.4, 0.5) is 4.39 Å². The lowest BCUT2D eigenvalue weighted by atomic mass is 10.0. The van der Waals surface area contributed by atoms with Gasteiger partial charge in [0.2, 0.25) is 0 Å². The van der Waals surface area contributed by atoms with E-state index in [1.54, 1.807) is 13.8 Å². The molecule has 0 saturated carbocycles. The van der Waals surface area contributed by atoms with Crippen molar-refractivity contribution in [1.82, 2.24) is 14.8 Å². The molecule has 0 bridgehead atoms. The maximum Gasteiger partial charge on any atom is 0.276 e. The van der Waals surface area contributed by atoms with Gasteiger partial charge in [0, 0.05) is 39.1 Å². The summed E-state index contributed by atoms with van der Waals surface area (Å²) in [6, 6.07) is 6.91. The topological polar surface area (TPSA) is 49.6 Å². The van der Waals surface area contributed by atoms with Crippen molar-refractivity contribution in [1.29, 1.82) is 0 Å². The van der Waals surface area contributed by atoms with Crippen LogP contribution < -0.4 is 0 Å². The Hall–Kier alpha value is -2.21. The number of hydrogen-bond acceptors (Lipinski definition) is 4. The van der Waals surface area contributed by atoms with Gasteiger partial charge in [-0.25, -0.2) is 9.37 Å². The van der Waals surface area contributed by atoms with Gasteiger partial charge in [-0.1, -0.05) is 26.0 Å². The van der Waals surface area contributed by atoms with E-state index in [0.29, 0.717) is 36.4 Å². The molecule has 5 nitrogen and oxygen atoms in total. The fourth-order valence-electron chi connectivity index (χ4n) is 3.78. The fraction of sp³-hybridized carbons (Fsp3) is 0.524. The number of aromatic nitrogens is 1. The van der Waals surface area contributed by atoms with Gasteiger partial charge < -0.3 is 9.32 Å². The second-order valence-electron chi connectivity index (χ2n) is 7.65. The number of oxazole rings is 1. The molecule has 1 aliphatic heterocycles. The van der Waals surface area contributed by atoms with Crippen molar-refractivity contribution < 1.29 is 13.6 Å². The van der Waals surface area contributed by atoms with E-state index in [2.05, 4.69) is 23.7 Å². The Balaban J connectivity index is 1.77. The Morgan fingerprint density at radius 2 is 1.96 bits per heavy atom. The molecule has 0 radical (unpaired) electrons. The first kappa shape index (κ1) is 19.5. The molecule has 2 aromatic rings. The third kappa shape index (κ3) is 4.56. The maximum atomic E-state index is 13.2. The quantitative estimate of drug-likeness (QED) is 0.818. The van der Waals surface area contributed by atoms with Crippen molar-refractivity contribution in [2.45, 2.75) is 46.7 Å². The highest BCUT2D eigenvalue weighted by Crippen LogP contribution is 2.22. The second kappa shape index (κ2) is 8.21. The number of amides is 1. The van der Waals surface area contributed by atoms with Gasteiger partial charge in [-0.05, 0) is 37.0 Å². The van der Waals surface area contributed by atoms with Crippen LogP contribution >= 0.6 is 0 Å². The fourth-order valence-corrected chi connectivity index (χ4v) is 3.78. The molecule has 1 fully saturated rings. The molecule has 6 heteroatoms. The Labute approximate surface area is 160 Å². The Morgan fingerprint density at radius 3 is 2.56 bits per heavy atom. The van der Waals surface area contributed by atoms with E-state index < -0.39 is 0 Å². The van der Waals surface area contributed by atoms with Crippen LogP contribution in [0, 0.1) is 25.6 Å². The lowest BCUT2D eigenvalue weighted by molar-refractivity contribution is 0.0695. The van der Waals surface area contributed by atoms with Crippen LogP contribution in [-0.2, 0) is 6.54 Å².